The van der Waals surface area contributed by atoms with E-state index in [0.717, 1.165) is 22.4 Å². The molecule has 2 heteroatoms. The predicted molar refractivity (Wildman–Crippen MR) is 69.7 cm³/mol. The summed E-state index contributed by atoms with van der Waals surface area (Å²) in [5.41, 5.74) is 0.848. The minimum Gasteiger partial charge on any atom is -0.294 e. The zero-order chi connectivity index (χ0) is 11.4. The van der Waals surface area contributed by atoms with Crippen molar-refractivity contribution >= 4 is 21.7 Å². The van der Waals surface area contributed by atoms with Crippen molar-refractivity contribution in [3.05, 3.63) is 34.3 Å². The number of halogens is 1. The Morgan fingerprint density at radius 2 is 1.81 bits per heavy atom. The Morgan fingerprint density at radius 1 is 1.19 bits per heavy atom. The first-order valence-electron chi connectivity index (χ1n) is 6.04. The molecule has 0 atom stereocenters. The van der Waals surface area contributed by atoms with E-state index in [4.69, 9.17) is 0 Å². The number of hydrogen-bond donors (Lipinski definition) is 0. The Balaban J connectivity index is 1.85. The van der Waals surface area contributed by atoms with Crippen LogP contribution in [0.4, 0.5) is 0 Å². The average Bonchev–Trinajstić information content (AvgIpc) is 2.80. The van der Waals surface area contributed by atoms with Gasteiger partial charge in [-0.1, -0.05) is 53.7 Å². The lowest BCUT2D eigenvalue weighted by Crippen LogP contribution is -2.02. The molecule has 0 unspecified atom stereocenters. The van der Waals surface area contributed by atoms with E-state index in [2.05, 4.69) is 15.9 Å². The number of ketones is 1. The van der Waals surface area contributed by atoms with Gasteiger partial charge in [0.25, 0.3) is 0 Å². The molecular formula is C14H17BrO. The fourth-order valence-corrected chi connectivity index (χ4v) is 2.68. The second-order valence-corrected chi connectivity index (χ2v) is 5.53. The highest BCUT2D eigenvalue weighted by atomic mass is 79.9. The first-order chi connectivity index (χ1) is 7.75. The first-order valence-corrected chi connectivity index (χ1v) is 6.84. The van der Waals surface area contributed by atoms with Crippen LogP contribution >= 0.6 is 15.9 Å². The summed E-state index contributed by atoms with van der Waals surface area (Å²) in [6, 6.07) is 7.67. The van der Waals surface area contributed by atoms with E-state index in [1.54, 1.807) is 0 Å². The molecule has 0 bridgehead atoms. The smallest absolute Gasteiger partial charge is 0.162 e. The molecule has 0 spiro atoms. The Hall–Kier alpha value is -0.630. The summed E-state index contributed by atoms with van der Waals surface area (Å²) in [4.78, 5) is 11.9. The topological polar surface area (TPSA) is 17.1 Å². The molecule has 0 aromatic heterocycles. The summed E-state index contributed by atoms with van der Waals surface area (Å²) in [6.07, 6.45) is 7.16. The van der Waals surface area contributed by atoms with Crippen molar-refractivity contribution in [1.82, 2.24) is 0 Å². The number of Topliss-reactive ketones (excluding diaryl/α,β-unsaturated/α-hetero) is 1. The number of carbonyl (C=O) groups is 1. The van der Waals surface area contributed by atoms with Crippen LogP contribution in [0.15, 0.2) is 28.7 Å². The van der Waals surface area contributed by atoms with Crippen LogP contribution in [0.2, 0.25) is 0 Å². The maximum absolute atomic E-state index is 11.9. The van der Waals surface area contributed by atoms with Gasteiger partial charge in [-0.2, -0.15) is 0 Å². The van der Waals surface area contributed by atoms with Gasteiger partial charge in [0.15, 0.2) is 5.78 Å². The van der Waals surface area contributed by atoms with Gasteiger partial charge in [0.2, 0.25) is 0 Å². The summed E-state index contributed by atoms with van der Waals surface area (Å²) < 4.78 is 1.03. The van der Waals surface area contributed by atoms with Crippen molar-refractivity contribution < 1.29 is 4.79 Å². The quantitative estimate of drug-likeness (QED) is 0.737. The molecule has 0 N–H and O–H groups in total. The standard InChI is InChI=1S/C14H17BrO/c15-13-8-6-12(7-9-13)14(16)10-5-11-3-1-2-4-11/h6-9,11H,1-5,10H2. The third kappa shape index (κ3) is 3.18. The van der Waals surface area contributed by atoms with Gasteiger partial charge in [0, 0.05) is 16.5 Å². The molecule has 1 aromatic rings. The molecule has 0 heterocycles. The van der Waals surface area contributed by atoms with E-state index in [-0.39, 0.29) is 0 Å². The second kappa shape index (κ2) is 5.62. The second-order valence-electron chi connectivity index (χ2n) is 4.62. The van der Waals surface area contributed by atoms with Crippen molar-refractivity contribution in [2.45, 2.75) is 38.5 Å². The van der Waals surface area contributed by atoms with Gasteiger partial charge < -0.3 is 0 Å². The molecule has 0 aliphatic heterocycles. The van der Waals surface area contributed by atoms with Gasteiger partial charge in [-0.05, 0) is 24.5 Å². The van der Waals surface area contributed by atoms with Crippen LogP contribution < -0.4 is 0 Å². The zero-order valence-corrected chi connectivity index (χ0v) is 11.0. The number of benzene rings is 1. The molecule has 1 nitrogen and oxygen atoms in total. The molecule has 0 radical (unpaired) electrons. The highest BCUT2D eigenvalue weighted by Gasteiger charge is 2.16. The molecule has 1 aromatic carbocycles. The van der Waals surface area contributed by atoms with Crippen LogP contribution in [0.5, 0.6) is 0 Å². The molecule has 16 heavy (non-hydrogen) atoms. The van der Waals surface area contributed by atoms with Gasteiger partial charge in [-0.15, -0.1) is 0 Å². The Labute approximate surface area is 105 Å². The Morgan fingerprint density at radius 3 is 2.44 bits per heavy atom. The van der Waals surface area contributed by atoms with Crippen LogP contribution in [-0.2, 0) is 0 Å². The fourth-order valence-electron chi connectivity index (χ4n) is 2.41. The molecule has 1 fully saturated rings. The van der Waals surface area contributed by atoms with Crippen LogP contribution in [-0.4, -0.2) is 5.78 Å². The minimum atomic E-state index is 0.291. The predicted octanol–water partition coefficient (Wildman–Crippen LogP) is 4.60. The summed E-state index contributed by atoms with van der Waals surface area (Å²) in [6.45, 7) is 0. The van der Waals surface area contributed by atoms with Crippen molar-refractivity contribution in [3.8, 4) is 0 Å². The first kappa shape index (κ1) is 11.8. The number of rotatable bonds is 4. The van der Waals surface area contributed by atoms with Gasteiger partial charge in [0.05, 0.1) is 0 Å². The van der Waals surface area contributed by atoms with Gasteiger partial charge >= 0.3 is 0 Å². The van der Waals surface area contributed by atoms with Crippen LogP contribution in [0, 0.1) is 5.92 Å². The van der Waals surface area contributed by atoms with Crippen molar-refractivity contribution in [3.63, 3.8) is 0 Å². The normalized spacial score (nSPS) is 16.6. The van der Waals surface area contributed by atoms with E-state index in [1.165, 1.54) is 25.7 Å². The summed E-state index contributed by atoms with van der Waals surface area (Å²) in [5.74, 6) is 1.10. The van der Waals surface area contributed by atoms with Gasteiger partial charge in [-0.3, -0.25) is 4.79 Å². The fraction of sp³-hybridized carbons (Fsp3) is 0.500. The molecule has 0 saturated heterocycles. The monoisotopic (exact) mass is 280 g/mol. The van der Waals surface area contributed by atoms with Gasteiger partial charge in [0.1, 0.15) is 0 Å². The molecule has 86 valence electrons. The van der Waals surface area contributed by atoms with Crippen LogP contribution in [0.1, 0.15) is 48.9 Å². The van der Waals surface area contributed by atoms with Crippen molar-refractivity contribution in [1.29, 1.82) is 0 Å². The van der Waals surface area contributed by atoms with E-state index in [1.807, 2.05) is 24.3 Å². The van der Waals surface area contributed by atoms with Crippen molar-refractivity contribution in [2.24, 2.45) is 5.92 Å². The summed E-state index contributed by atoms with van der Waals surface area (Å²) in [7, 11) is 0. The molecule has 1 aliphatic carbocycles. The maximum atomic E-state index is 11.9. The third-order valence-electron chi connectivity index (χ3n) is 3.42. The molecule has 0 amide bonds. The summed E-state index contributed by atoms with van der Waals surface area (Å²) >= 11 is 3.38. The van der Waals surface area contributed by atoms with E-state index < -0.39 is 0 Å². The molecule has 1 aliphatic rings. The van der Waals surface area contributed by atoms with Gasteiger partial charge in [-0.25, -0.2) is 0 Å². The summed E-state index contributed by atoms with van der Waals surface area (Å²) in [5, 5.41) is 0. The molecule has 1 saturated carbocycles. The van der Waals surface area contributed by atoms with E-state index >= 15 is 0 Å². The number of hydrogen-bond acceptors (Lipinski definition) is 1. The SMILES string of the molecule is O=C(CCC1CCCC1)c1ccc(Br)cc1. The van der Waals surface area contributed by atoms with Crippen LogP contribution in [0.3, 0.4) is 0 Å². The van der Waals surface area contributed by atoms with Crippen LogP contribution in [0.25, 0.3) is 0 Å². The molecule has 2 rings (SSSR count). The highest BCUT2D eigenvalue weighted by Crippen LogP contribution is 2.29. The maximum Gasteiger partial charge on any atom is 0.162 e. The lowest BCUT2D eigenvalue weighted by molar-refractivity contribution is 0.0974. The lowest BCUT2D eigenvalue weighted by atomic mass is 9.97. The highest BCUT2D eigenvalue weighted by molar-refractivity contribution is 9.10. The Kier molecular flexibility index (Phi) is 4.16. The number of carbonyl (C=O) groups excluding carboxylic acids is 1. The molecular weight excluding hydrogens is 264 g/mol. The van der Waals surface area contributed by atoms with E-state index in [0.29, 0.717) is 12.2 Å². The largest absolute Gasteiger partial charge is 0.294 e. The van der Waals surface area contributed by atoms with Crippen molar-refractivity contribution in [2.75, 3.05) is 0 Å². The van der Waals surface area contributed by atoms with E-state index in [9.17, 15) is 4.79 Å². The minimum absolute atomic E-state index is 0.291. The third-order valence-corrected chi connectivity index (χ3v) is 3.95. The zero-order valence-electron chi connectivity index (χ0n) is 9.42. The Bertz CT molecular complexity index is 350. The lowest BCUT2D eigenvalue weighted by Gasteiger charge is -2.07. The average molecular weight is 281 g/mol.